The molecule has 2 aromatic carbocycles. The Balaban J connectivity index is 1.83. The lowest BCUT2D eigenvalue weighted by Gasteiger charge is -2.09. The number of hydrogen-bond acceptors (Lipinski definition) is 5. The van der Waals surface area contributed by atoms with Gasteiger partial charge < -0.3 is 9.47 Å². The molecule has 25 heavy (non-hydrogen) atoms. The molecule has 4 nitrogen and oxygen atoms in total. The van der Waals surface area contributed by atoms with Gasteiger partial charge in [0, 0.05) is 21.5 Å². The first-order valence-electron chi connectivity index (χ1n) is 7.86. The number of aryl methyl sites for hydroxylation is 1. The lowest BCUT2D eigenvalue weighted by molar-refractivity contribution is 0.102. The number of pyridine rings is 1. The highest BCUT2D eigenvalue weighted by Crippen LogP contribution is 2.31. The van der Waals surface area contributed by atoms with Crippen LogP contribution in [0.1, 0.15) is 16.1 Å². The third kappa shape index (κ3) is 3.94. The van der Waals surface area contributed by atoms with Crippen LogP contribution in [0.15, 0.2) is 53.4 Å². The first kappa shape index (κ1) is 17.3. The zero-order valence-corrected chi connectivity index (χ0v) is 15.2. The number of carbonyl (C=O) groups is 1. The Morgan fingerprint density at radius 3 is 2.36 bits per heavy atom. The molecule has 1 aromatic heterocycles. The Morgan fingerprint density at radius 2 is 1.68 bits per heavy atom. The number of nitrogens with zero attached hydrogens (tertiary/aromatic N) is 1. The van der Waals surface area contributed by atoms with Gasteiger partial charge in [0.1, 0.15) is 11.5 Å². The number of fused-ring (bicyclic) bond motifs is 1. The summed E-state index contributed by atoms with van der Waals surface area (Å²) in [4.78, 5) is 18.0. The van der Waals surface area contributed by atoms with Crippen LogP contribution in [0.25, 0.3) is 10.9 Å². The molecule has 0 aliphatic rings. The molecule has 0 saturated heterocycles. The number of ketones is 1. The van der Waals surface area contributed by atoms with Crippen molar-refractivity contribution >= 4 is 28.4 Å². The Bertz CT molecular complexity index is 907. The minimum atomic E-state index is 0.0816. The minimum absolute atomic E-state index is 0.0816. The average molecular weight is 353 g/mol. The average Bonchev–Trinajstić information content (AvgIpc) is 2.65. The van der Waals surface area contributed by atoms with Gasteiger partial charge >= 0.3 is 0 Å². The summed E-state index contributed by atoms with van der Waals surface area (Å²) in [6.45, 7) is 1.96. The molecule has 0 amide bonds. The number of ether oxygens (including phenoxy) is 2. The molecule has 0 aliphatic heterocycles. The highest BCUT2D eigenvalue weighted by atomic mass is 32.2. The summed E-state index contributed by atoms with van der Waals surface area (Å²) in [5.74, 6) is 1.97. The van der Waals surface area contributed by atoms with E-state index >= 15 is 0 Å². The summed E-state index contributed by atoms with van der Waals surface area (Å²) in [5, 5.41) is 0.998. The van der Waals surface area contributed by atoms with Gasteiger partial charge in [-0.25, -0.2) is 0 Å². The van der Waals surface area contributed by atoms with Gasteiger partial charge in [0.2, 0.25) is 0 Å². The van der Waals surface area contributed by atoms with Crippen LogP contribution in [0.4, 0.5) is 0 Å². The Labute approximate surface area is 151 Å². The summed E-state index contributed by atoms with van der Waals surface area (Å²) < 4.78 is 10.4. The molecule has 1 heterocycles. The third-order valence-corrected chi connectivity index (χ3v) is 4.93. The zero-order chi connectivity index (χ0) is 17.8. The monoisotopic (exact) mass is 353 g/mol. The Kier molecular flexibility index (Phi) is 5.24. The molecule has 0 N–H and O–H groups in total. The predicted molar refractivity (Wildman–Crippen MR) is 101 cm³/mol. The molecule has 0 radical (unpaired) electrons. The number of rotatable bonds is 6. The molecule has 3 rings (SSSR count). The van der Waals surface area contributed by atoms with Crippen molar-refractivity contribution in [3.8, 4) is 11.5 Å². The van der Waals surface area contributed by atoms with E-state index in [4.69, 9.17) is 9.47 Å². The highest BCUT2D eigenvalue weighted by Gasteiger charge is 2.11. The van der Waals surface area contributed by atoms with Crippen LogP contribution >= 0.6 is 11.8 Å². The molecular formula is C20H19NO3S. The zero-order valence-electron chi connectivity index (χ0n) is 14.4. The van der Waals surface area contributed by atoms with Crippen molar-refractivity contribution in [3.05, 3.63) is 59.8 Å². The molecule has 0 atom stereocenters. The summed E-state index contributed by atoms with van der Waals surface area (Å²) in [6.07, 6.45) is 0. The maximum atomic E-state index is 12.5. The van der Waals surface area contributed by atoms with E-state index in [2.05, 4.69) is 4.98 Å². The maximum absolute atomic E-state index is 12.5. The van der Waals surface area contributed by atoms with Crippen molar-refractivity contribution in [1.29, 1.82) is 0 Å². The van der Waals surface area contributed by atoms with Crippen molar-refractivity contribution in [2.75, 3.05) is 20.0 Å². The van der Waals surface area contributed by atoms with Gasteiger partial charge in [0.25, 0.3) is 0 Å². The van der Waals surface area contributed by atoms with E-state index in [1.807, 2.05) is 31.2 Å². The van der Waals surface area contributed by atoms with Gasteiger partial charge in [-0.2, -0.15) is 0 Å². The van der Waals surface area contributed by atoms with Crippen LogP contribution in [0, 0.1) is 6.92 Å². The summed E-state index contributed by atoms with van der Waals surface area (Å²) in [7, 11) is 3.25. The topological polar surface area (TPSA) is 48.4 Å². The van der Waals surface area contributed by atoms with E-state index in [-0.39, 0.29) is 5.78 Å². The van der Waals surface area contributed by atoms with E-state index in [1.165, 1.54) is 11.8 Å². The Morgan fingerprint density at radius 1 is 1.00 bits per heavy atom. The van der Waals surface area contributed by atoms with Gasteiger partial charge in [0.05, 0.1) is 25.5 Å². The maximum Gasteiger partial charge on any atom is 0.173 e. The molecule has 5 heteroatoms. The van der Waals surface area contributed by atoms with E-state index in [1.54, 1.807) is 38.5 Å². The molecule has 0 bridgehead atoms. The highest BCUT2D eigenvalue weighted by molar-refractivity contribution is 8.00. The SMILES string of the molecule is COc1ccc(C(=O)CSc2cc(C)nc3ccc(OC)cc23)cc1. The molecule has 0 spiro atoms. The quantitative estimate of drug-likeness (QED) is 0.481. The van der Waals surface area contributed by atoms with E-state index in [0.717, 1.165) is 33.0 Å². The van der Waals surface area contributed by atoms with Crippen molar-refractivity contribution in [2.45, 2.75) is 11.8 Å². The van der Waals surface area contributed by atoms with Crippen LogP contribution in [0.2, 0.25) is 0 Å². The second kappa shape index (κ2) is 7.57. The molecule has 0 fully saturated rings. The predicted octanol–water partition coefficient (Wildman–Crippen LogP) is 4.54. The molecule has 0 unspecified atom stereocenters. The fourth-order valence-corrected chi connectivity index (χ4v) is 3.58. The van der Waals surface area contributed by atoms with Crippen LogP contribution in [-0.2, 0) is 0 Å². The van der Waals surface area contributed by atoms with Gasteiger partial charge in [-0.1, -0.05) is 0 Å². The number of aromatic nitrogens is 1. The van der Waals surface area contributed by atoms with Crippen molar-refractivity contribution in [2.24, 2.45) is 0 Å². The molecular weight excluding hydrogens is 334 g/mol. The van der Waals surface area contributed by atoms with Gasteiger partial charge in [-0.05, 0) is 55.5 Å². The fraction of sp³-hybridized carbons (Fsp3) is 0.200. The normalized spacial score (nSPS) is 10.7. The van der Waals surface area contributed by atoms with E-state index in [9.17, 15) is 4.79 Å². The lowest BCUT2D eigenvalue weighted by Crippen LogP contribution is -2.02. The molecule has 3 aromatic rings. The first-order valence-corrected chi connectivity index (χ1v) is 8.84. The fourth-order valence-electron chi connectivity index (χ4n) is 2.55. The van der Waals surface area contributed by atoms with Crippen LogP contribution in [0.5, 0.6) is 11.5 Å². The standard InChI is InChI=1S/C20H19NO3S/c1-13-10-20(17-11-16(24-3)8-9-18(17)21-13)25-12-19(22)14-4-6-15(23-2)7-5-14/h4-11H,12H2,1-3H3. The second-order valence-electron chi connectivity index (χ2n) is 5.59. The van der Waals surface area contributed by atoms with E-state index in [0.29, 0.717) is 11.3 Å². The minimum Gasteiger partial charge on any atom is -0.497 e. The molecule has 0 aliphatic carbocycles. The first-order chi connectivity index (χ1) is 12.1. The Hall–Kier alpha value is -2.53. The van der Waals surface area contributed by atoms with Crippen LogP contribution < -0.4 is 9.47 Å². The number of Topliss-reactive ketones (excluding diaryl/α,β-unsaturated/α-hetero) is 1. The van der Waals surface area contributed by atoms with Crippen molar-refractivity contribution in [1.82, 2.24) is 4.98 Å². The van der Waals surface area contributed by atoms with E-state index < -0.39 is 0 Å². The van der Waals surface area contributed by atoms with Gasteiger partial charge in [0.15, 0.2) is 5.78 Å². The summed E-state index contributed by atoms with van der Waals surface area (Å²) >= 11 is 1.52. The van der Waals surface area contributed by atoms with Crippen molar-refractivity contribution < 1.29 is 14.3 Å². The van der Waals surface area contributed by atoms with Gasteiger partial charge in [-0.3, -0.25) is 9.78 Å². The third-order valence-electron chi connectivity index (χ3n) is 3.88. The molecule has 0 saturated carbocycles. The largest absolute Gasteiger partial charge is 0.497 e. The number of thioether (sulfide) groups is 1. The summed E-state index contributed by atoms with van der Waals surface area (Å²) in [5.41, 5.74) is 2.51. The lowest BCUT2D eigenvalue weighted by atomic mass is 10.1. The van der Waals surface area contributed by atoms with Crippen LogP contribution in [-0.4, -0.2) is 30.7 Å². The van der Waals surface area contributed by atoms with Crippen LogP contribution in [0.3, 0.4) is 0 Å². The number of benzene rings is 2. The molecule has 128 valence electrons. The smallest absolute Gasteiger partial charge is 0.173 e. The second-order valence-corrected chi connectivity index (χ2v) is 6.60. The summed E-state index contributed by atoms with van der Waals surface area (Å²) in [6, 6.07) is 15.0. The number of hydrogen-bond donors (Lipinski definition) is 0. The number of carbonyl (C=O) groups excluding carboxylic acids is 1. The van der Waals surface area contributed by atoms with Gasteiger partial charge in [-0.15, -0.1) is 11.8 Å². The number of methoxy groups -OCH3 is 2. The van der Waals surface area contributed by atoms with Crippen molar-refractivity contribution in [3.63, 3.8) is 0 Å².